The number of ether oxygens (including phenoxy) is 1. The maximum atomic E-state index is 12.7. The van der Waals surface area contributed by atoms with Gasteiger partial charge in [0, 0.05) is 24.5 Å². The van der Waals surface area contributed by atoms with Crippen LogP contribution >= 0.6 is 11.6 Å². The first-order valence-electron chi connectivity index (χ1n) is 8.09. The number of amides is 2. The van der Waals surface area contributed by atoms with Crippen molar-refractivity contribution < 1.29 is 24.2 Å². The van der Waals surface area contributed by atoms with Crippen molar-refractivity contribution in [3.05, 3.63) is 23.2 Å². The molecule has 2 heterocycles. The molecule has 1 N–H and O–H groups in total. The lowest BCUT2D eigenvalue weighted by Gasteiger charge is -2.25. The molecule has 0 aromatic heterocycles. The smallest absolute Gasteiger partial charge is 0.326 e. The van der Waals surface area contributed by atoms with Crippen LogP contribution in [0, 0.1) is 5.92 Å². The molecule has 0 spiro atoms. The Hall–Kier alpha value is -2.28. The highest BCUT2D eigenvalue weighted by Gasteiger charge is 2.42. The van der Waals surface area contributed by atoms with Gasteiger partial charge in [0.1, 0.15) is 11.8 Å². The molecule has 0 aliphatic carbocycles. The van der Waals surface area contributed by atoms with Crippen LogP contribution in [0.25, 0.3) is 0 Å². The predicted octanol–water partition coefficient (Wildman–Crippen LogP) is 1.78. The third-order valence-electron chi connectivity index (χ3n) is 4.73. The number of likely N-dealkylation sites (tertiary alicyclic amines) is 1. The molecule has 0 saturated carbocycles. The highest BCUT2D eigenvalue weighted by Crippen LogP contribution is 2.36. The summed E-state index contributed by atoms with van der Waals surface area (Å²) in [6.07, 6.45) is 1.17. The van der Waals surface area contributed by atoms with Crippen molar-refractivity contribution in [3.63, 3.8) is 0 Å². The molecule has 2 aliphatic rings. The van der Waals surface area contributed by atoms with E-state index in [1.54, 1.807) is 18.2 Å². The van der Waals surface area contributed by atoms with E-state index in [0.29, 0.717) is 35.8 Å². The van der Waals surface area contributed by atoms with Crippen LogP contribution in [0.1, 0.15) is 19.3 Å². The normalized spacial score (nSPS) is 23.2. The van der Waals surface area contributed by atoms with Crippen LogP contribution in [0.2, 0.25) is 5.02 Å². The van der Waals surface area contributed by atoms with E-state index in [2.05, 4.69) is 0 Å². The number of rotatable bonds is 4. The van der Waals surface area contributed by atoms with Crippen molar-refractivity contribution >= 4 is 35.1 Å². The Morgan fingerprint density at radius 1 is 1.36 bits per heavy atom. The van der Waals surface area contributed by atoms with Crippen LogP contribution in [0.15, 0.2) is 18.2 Å². The number of methoxy groups -OCH3 is 1. The van der Waals surface area contributed by atoms with Gasteiger partial charge in [-0.15, -0.1) is 0 Å². The SMILES string of the molecule is COc1ccc(Cl)cc1N1CC(C(=O)N2CCC[C@H]2C(=O)O)CC1=O. The Morgan fingerprint density at radius 2 is 2.12 bits per heavy atom. The summed E-state index contributed by atoms with van der Waals surface area (Å²) in [7, 11) is 1.50. The fourth-order valence-electron chi connectivity index (χ4n) is 3.50. The van der Waals surface area contributed by atoms with E-state index in [1.807, 2.05) is 0 Å². The summed E-state index contributed by atoms with van der Waals surface area (Å²) in [5.41, 5.74) is 0.520. The van der Waals surface area contributed by atoms with Gasteiger partial charge in [-0.1, -0.05) is 11.6 Å². The quantitative estimate of drug-likeness (QED) is 0.877. The number of hydrogen-bond acceptors (Lipinski definition) is 4. The Kier molecular flexibility index (Phi) is 4.85. The molecule has 1 aromatic carbocycles. The summed E-state index contributed by atoms with van der Waals surface area (Å²) in [6, 6.07) is 4.16. The summed E-state index contributed by atoms with van der Waals surface area (Å²) in [5, 5.41) is 9.72. The van der Waals surface area contributed by atoms with Crippen molar-refractivity contribution in [3.8, 4) is 5.75 Å². The molecule has 0 bridgehead atoms. The van der Waals surface area contributed by atoms with Gasteiger partial charge in [-0.2, -0.15) is 0 Å². The molecule has 8 heteroatoms. The Labute approximate surface area is 150 Å². The van der Waals surface area contributed by atoms with E-state index >= 15 is 0 Å². The third kappa shape index (κ3) is 3.28. The highest BCUT2D eigenvalue weighted by molar-refractivity contribution is 6.31. The van der Waals surface area contributed by atoms with Crippen LogP contribution in [-0.2, 0) is 14.4 Å². The van der Waals surface area contributed by atoms with Crippen molar-refractivity contribution in [1.29, 1.82) is 0 Å². The maximum absolute atomic E-state index is 12.7. The molecule has 7 nitrogen and oxygen atoms in total. The second-order valence-electron chi connectivity index (χ2n) is 6.25. The number of halogens is 1. The van der Waals surface area contributed by atoms with Crippen LogP contribution in [0.3, 0.4) is 0 Å². The topological polar surface area (TPSA) is 87.2 Å². The first-order valence-corrected chi connectivity index (χ1v) is 8.47. The fraction of sp³-hybridized carbons (Fsp3) is 0.471. The van der Waals surface area contributed by atoms with Crippen molar-refractivity contribution in [2.45, 2.75) is 25.3 Å². The van der Waals surface area contributed by atoms with E-state index in [1.165, 1.54) is 16.9 Å². The zero-order valence-corrected chi connectivity index (χ0v) is 14.5. The molecule has 2 fully saturated rings. The second-order valence-corrected chi connectivity index (χ2v) is 6.69. The Balaban J connectivity index is 1.80. The van der Waals surface area contributed by atoms with E-state index < -0.39 is 17.9 Å². The zero-order valence-electron chi connectivity index (χ0n) is 13.8. The number of aliphatic carboxylic acids is 1. The van der Waals surface area contributed by atoms with E-state index in [9.17, 15) is 19.5 Å². The number of anilines is 1. The summed E-state index contributed by atoms with van der Waals surface area (Å²) < 4.78 is 5.28. The third-order valence-corrected chi connectivity index (χ3v) is 4.96. The van der Waals surface area contributed by atoms with Gasteiger partial charge in [0.05, 0.1) is 18.7 Å². The number of hydrogen-bond donors (Lipinski definition) is 1. The minimum atomic E-state index is -0.997. The summed E-state index contributed by atoms with van der Waals surface area (Å²) >= 11 is 6.02. The Bertz CT molecular complexity index is 723. The van der Waals surface area contributed by atoms with Crippen LogP contribution in [0.5, 0.6) is 5.75 Å². The van der Waals surface area contributed by atoms with Crippen molar-refractivity contribution in [2.75, 3.05) is 25.1 Å². The molecule has 25 heavy (non-hydrogen) atoms. The number of carboxylic acids is 1. The van der Waals surface area contributed by atoms with E-state index in [0.717, 1.165) is 0 Å². The maximum Gasteiger partial charge on any atom is 0.326 e. The minimum Gasteiger partial charge on any atom is -0.495 e. The zero-order chi connectivity index (χ0) is 18.1. The number of carbonyl (C=O) groups is 3. The highest BCUT2D eigenvalue weighted by atomic mass is 35.5. The standard InChI is InChI=1S/C17H19ClN2O5/c1-25-14-5-4-11(18)8-13(14)20-9-10(7-15(20)21)16(22)19-6-2-3-12(19)17(23)24/h4-5,8,10,12H,2-3,6-7,9H2,1H3,(H,23,24)/t10?,12-/m0/s1. The first kappa shape index (κ1) is 17.5. The van der Waals surface area contributed by atoms with E-state index in [-0.39, 0.29) is 24.8 Å². The lowest BCUT2D eigenvalue weighted by Crippen LogP contribution is -2.44. The average Bonchev–Trinajstić information content (AvgIpc) is 3.21. The van der Waals surface area contributed by atoms with Crippen LogP contribution in [0.4, 0.5) is 5.69 Å². The lowest BCUT2D eigenvalue weighted by atomic mass is 10.1. The molecule has 2 atom stereocenters. The minimum absolute atomic E-state index is 0.0529. The average molecular weight is 367 g/mol. The molecule has 0 radical (unpaired) electrons. The summed E-state index contributed by atoms with van der Waals surface area (Å²) in [4.78, 5) is 39.3. The second kappa shape index (κ2) is 6.92. The molecular formula is C17H19ClN2O5. The predicted molar refractivity (Wildman–Crippen MR) is 90.8 cm³/mol. The number of nitrogens with zero attached hydrogens (tertiary/aromatic N) is 2. The van der Waals surface area contributed by atoms with Gasteiger partial charge >= 0.3 is 5.97 Å². The summed E-state index contributed by atoms with van der Waals surface area (Å²) in [6.45, 7) is 0.609. The van der Waals surface area contributed by atoms with Crippen molar-refractivity contribution in [1.82, 2.24) is 4.90 Å². The van der Waals surface area contributed by atoms with Gasteiger partial charge in [0.2, 0.25) is 11.8 Å². The fourth-order valence-corrected chi connectivity index (χ4v) is 3.67. The number of benzene rings is 1. The number of carboxylic acid groups (broad SMARTS) is 1. The van der Waals surface area contributed by atoms with Gasteiger partial charge in [-0.25, -0.2) is 4.79 Å². The molecular weight excluding hydrogens is 348 g/mol. The Morgan fingerprint density at radius 3 is 2.80 bits per heavy atom. The van der Waals surface area contributed by atoms with Crippen molar-refractivity contribution in [2.24, 2.45) is 5.92 Å². The molecule has 1 unspecified atom stereocenters. The number of carbonyl (C=O) groups excluding carboxylic acids is 2. The molecule has 134 valence electrons. The monoisotopic (exact) mass is 366 g/mol. The van der Waals surface area contributed by atoms with E-state index in [4.69, 9.17) is 16.3 Å². The van der Waals surface area contributed by atoms with Gasteiger partial charge in [0.15, 0.2) is 0 Å². The van der Waals surface area contributed by atoms with Gasteiger partial charge < -0.3 is 19.6 Å². The molecule has 2 amide bonds. The first-order chi connectivity index (χ1) is 11.9. The molecule has 3 rings (SSSR count). The molecule has 2 saturated heterocycles. The molecule has 2 aliphatic heterocycles. The van der Waals surface area contributed by atoms with Gasteiger partial charge in [-0.05, 0) is 31.0 Å². The van der Waals surface area contributed by atoms with Crippen LogP contribution < -0.4 is 9.64 Å². The molecule has 1 aromatic rings. The van der Waals surface area contributed by atoms with Gasteiger partial charge in [-0.3, -0.25) is 9.59 Å². The van der Waals surface area contributed by atoms with Gasteiger partial charge in [0.25, 0.3) is 0 Å². The lowest BCUT2D eigenvalue weighted by molar-refractivity contribution is -0.149. The van der Waals surface area contributed by atoms with Crippen LogP contribution in [-0.4, -0.2) is 54.0 Å². The summed E-state index contributed by atoms with van der Waals surface area (Å²) in [5.74, 6) is -1.54. The largest absolute Gasteiger partial charge is 0.495 e.